The molecule has 0 aliphatic carbocycles. The number of imidazole rings is 1. The summed E-state index contributed by atoms with van der Waals surface area (Å²) in [7, 11) is 0. The van der Waals surface area contributed by atoms with Crippen LogP contribution < -0.4 is 0 Å². The van der Waals surface area contributed by atoms with Gasteiger partial charge in [-0.25, -0.2) is 4.98 Å². The first-order valence-electron chi connectivity index (χ1n) is 15.6. The third-order valence-electron chi connectivity index (χ3n) is 9.39. The van der Waals surface area contributed by atoms with E-state index in [1.54, 1.807) is 0 Å². The van der Waals surface area contributed by atoms with Crippen LogP contribution in [0.4, 0.5) is 0 Å². The van der Waals surface area contributed by atoms with Gasteiger partial charge in [-0.15, -0.1) is 0 Å². The summed E-state index contributed by atoms with van der Waals surface area (Å²) in [6.07, 6.45) is 2.17. The Hall–Kier alpha value is -6.19. The Balaban J connectivity index is 1.16. The monoisotopic (exact) mass is 586 g/mol. The maximum atomic E-state index is 6.08. The predicted molar refractivity (Wildman–Crippen MR) is 191 cm³/mol. The highest BCUT2D eigenvalue weighted by Crippen LogP contribution is 2.39. The first-order chi connectivity index (χ1) is 22.8. The minimum atomic E-state index is 0.904. The second-order valence-corrected chi connectivity index (χ2v) is 12.0. The largest absolute Gasteiger partial charge is 0.456 e. The number of fused-ring (bicyclic) bond motifs is 11. The van der Waals surface area contributed by atoms with Crippen LogP contribution in [0.2, 0.25) is 0 Å². The van der Waals surface area contributed by atoms with Gasteiger partial charge in [-0.05, 0) is 86.6 Å². The zero-order chi connectivity index (χ0) is 30.2. The highest BCUT2D eigenvalue weighted by Gasteiger charge is 2.16. The van der Waals surface area contributed by atoms with Gasteiger partial charge in [0.1, 0.15) is 16.8 Å². The molecule has 3 heteroatoms. The third-order valence-corrected chi connectivity index (χ3v) is 9.39. The molecule has 3 aromatic heterocycles. The molecule has 0 fully saturated rings. The second kappa shape index (κ2) is 9.65. The van der Waals surface area contributed by atoms with E-state index in [0.717, 1.165) is 55.1 Å². The van der Waals surface area contributed by atoms with Crippen LogP contribution in [0.1, 0.15) is 0 Å². The van der Waals surface area contributed by atoms with Crippen molar-refractivity contribution in [1.82, 2.24) is 9.38 Å². The second-order valence-electron chi connectivity index (χ2n) is 12.0. The van der Waals surface area contributed by atoms with Gasteiger partial charge in [0.2, 0.25) is 0 Å². The van der Waals surface area contributed by atoms with Crippen molar-refractivity contribution in [3.8, 4) is 33.4 Å². The smallest absolute Gasteiger partial charge is 0.138 e. The number of hydrogen-bond acceptors (Lipinski definition) is 2. The van der Waals surface area contributed by atoms with E-state index in [4.69, 9.17) is 9.40 Å². The molecule has 46 heavy (non-hydrogen) atoms. The Labute approximate surface area is 264 Å². The molecule has 0 aliphatic rings. The van der Waals surface area contributed by atoms with E-state index in [-0.39, 0.29) is 0 Å². The van der Waals surface area contributed by atoms with Crippen molar-refractivity contribution in [2.24, 2.45) is 0 Å². The van der Waals surface area contributed by atoms with Gasteiger partial charge in [-0.3, -0.25) is 4.40 Å². The molecule has 10 rings (SSSR count). The van der Waals surface area contributed by atoms with Crippen molar-refractivity contribution < 1.29 is 4.42 Å². The van der Waals surface area contributed by atoms with Gasteiger partial charge in [0.15, 0.2) is 0 Å². The Morgan fingerprint density at radius 1 is 0.391 bits per heavy atom. The number of hydrogen-bond donors (Lipinski definition) is 0. The fraction of sp³-hybridized carbons (Fsp3) is 0. The maximum absolute atomic E-state index is 6.08. The minimum Gasteiger partial charge on any atom is -0.456 e. The molecule has 214 valence electrons. The average molecular weight is 587 g/mol. The molecule has 0 atom stereocenters. The van der Waals surface area contributed by atoms with Crippen LogP contribution in [0, 0.1) is 0 Å². The predicted octanol–water partition coefficient (Wildman–Crippen LogP) is 11.7. The van der Waals surface area contributed by atoms with Gasteiger partial charge in [0.25, 0.3) is 0 Å². The summed E-state index contributed by atoms with van der Waals surface area (Å²) in [6, 6.07) is 54.0. The van der Waals surface area contributed by atoms with Gasteiger partial charge < -0.3 is 4.42 Å². The van der Waals surface area contributed by atoms with Crippen LogP contribution in [0.25, 0.3) is 93.5 Å². The number of rotatable bonds is 3. The quantitative estimate of drug-likeness (QED) is 0.193. The van der Waals surface area contributed by atoms with E-state index in [0.29, 0.717) is 0 Å². The van der Waals surface area contributed by atoms with Gasteiger partial charge >= 0.3 is 0 Å². The Morgan fingerprint density at radius 2 is 1.02 bits per heavy atom. The van der Waals surface area contributed by atoms with E-state index in [2.05, 4.69) is 150 Å². The summed E-state index contributed by atoms with van der Waals surface area (Å²) in [5.74, 6) is 0. The zero-order valence-corrected chi connectivity index (χ0v) is 24.8. The third kappa shape index (κ3) is 3.75. The summed E-state index contributed by atoms with van der Waals surface area (Å²) in [5, 5.41) is 7.07. The van der Waals surface area contributed by atoms with Crippen LogP contribution in [0.15, 0.2) is 162 Å². The molecule has 3 heterocycles. The molecule has 0 unspecified atom stereocenters. The lowest BCUT2D eigenvalue weighted by Crippen LogP contribution is -1.89. The fourth-order valence-electron chi connectivity index (χ4n) is 7.16. The van der Waals surface area contributed by atoms with E-state index < -0.39 is 0 Å². The van der Waals surface area contributed by atoms with Crippen molar-refractivity contribution in [2.75, 3.05) is 0 Å². The molecule has 0 spiro atoms. The zero-order valence-electron chi connectivity index (χ0n) is 24.8. The topological polar surface area (TPSA) is 30.4 Å². The summed E-state index contributed by atoms with van der Waals surface area (Å²) in [4.78, 5) is 5.25. The molecular weight excluding hydrogens is 560 g/mol. The summed E-state index contributed by atoms with van der Waals surface area (Å²) >= 11 is 0. The number of pyridine rings is 1. The van der Waals surface area contributed by atoms with Crippen LogP contribution in [0.5, 0.6) is 0 Å². The van der Waals surface area contributed by atoms with Gasteiger partial charge in [-0.2, -0.15) is 0 Å². The molecule has 10 aromatic rings. The van der Waals surface area contributed by atoms with Gasteiger partial charge in [0, 0.05) is 27.7 Å². The number of nitrogens with zero attached hydrogens (tertiary/aromatic N) is 2. The number of aromatic nitrogens is 2. The number of furan rings is 1. The van der Waals surface area contributed by atoms with E-state index in [1.807, 2.05) is 12.1 Å². The molecule has 7 aromatic carbocycles. The van der Waals surface area contributed by atoms with Crippen molar-refractivity contribution in [3.63, 3.8) is 0 Å². The molecule has 0 bridgehead atoms. The molecule has 0 radical (unpaired) electrons. The number of benzene rings is 7. The Morgan fingerprint density at radius 3 is 1.89 bits per heavy atom. The summed E-state index contributed by atoms with van der Waals surface area (Å²) < 4.78 is 8.33. The van der Waals surface area contributed by atoms with Crippen LogP contribution in [-0.2, 0) is 0 Å². The van der Waals surface area contributed by atoms with E-state index in [1.165, 1.54) is 38.4 Å². The Bertz CT molecular complexity index is 2800. The maximum Gasteiger partial charge on any atom is 0.138 e. The first kappa shape index (κ1) is 25.2. The lowest BCUT2D eigenvalue weighted by atomic mass is 9.94. The highest BCUT2D eigenvalue weighted by molar-refractivity contribution is 6.24. The van der Waals surface area contributed by atoms with Gasteiger partial charge in [-0.1, -0.05) is 109 Å². The molecule has 0 aliphatic heterocycles. The molecule has 0 N–H and O–H groups in total. The molecule has 0 amide bonds. The van der Waals surface area contributed by atoms with E-state index >= 15 is 0 Å². The average Bonchev–Trinajstić information content (AvgIpc) is 3.70. The summed E-state index contributed by atoms with van der Waals surface area (Å²) in [5.41, 5.74) is 12.0. The highest BCUT2D eigenvalue weighted by atomic mass is 16.3. The van der Waals surface area contributed by atoms with Gasteiger partial charge in [0.05, 0.1) is 11.0 Å². The fourth-order valence-corrected chi connectivity index (χ4v) is 7.16. The normalized spacial score (nSPS) is 11.9. The van der Waals surface area contributed by atoms with Crippen LogP contribution >= 0.6 is 0 Å². The number of para-hydroxylation sites is 1. The van der Waals surface area contributed by atoms with Crippen molar-refractivity contribution in [1.29, 1.82) is 0 Å². The first-order valence-corrected chi connectivity index (χ1v) is 15.6. The van der Waals surface area contributed by atoms with Crippen LogP contribution in [0.3, 0.4) is 0 Å². The van der Waals surface area contributed by atoms with Crippen molar-refractivity contribution in [2.45, 2.75) is 0 Å². The Kier molecular flexibility index (Phi) is 5.28. The minimum absolute atomic E-state index is 0.904. The van der Waals surface area contributed by atoms with Crippen LogP contribution in [-0.4, -0.2) is 9.38 Å². The standard InChI is InChI=1S/C43H26N2O/c1-2-9-27(10-3-1)28-11-8-12-29(23-28)30-17-19-36-37(24-30)33-13-4-5-15-35(33)42-43(36)45-22-21-32(26-41(45)44-42)31-18-20-40-38(25-31)34-14-6-7-16-39(34)46-40/h1-26H. The van der Waals surface area contributed by atoms with E-state index in [9.17, 15) is 0 Å². The lowest BCUT2D eigenvalue weighted by Gasteiger charge is -2.11. The summed E-state index contributed by atoms with van der Waals surface area (Å²) in [6.45, 7) is 0. The molecule has 0 saturated carbocycles. The van der Waals surface area contributed by atoms with Crippen molar-refractivity contribution >= 4 is 60.2 Å². The van der Waals surface area contributed by atoms with Crippen molar-refractivity contribution in [3.05, 3.63) is 158 Å². The molecule has 0 saturated heterocycles. The lowest BCUT2D eigenvalue weighted by molar-refractivity contribution is 0.669. The molecule has 3 nitrogen and oxygen atoms in total. The molecular formula is C43H26N2O. The SMILES string of the molecule is c1ccc(-c2cccc(-c3ccc4c(c3)c3ccccc3c3nc5cc(-c6ccc7oc8ccccc8c7c6)ccn5c43)c2)cc1.